The van der Waals surface area contributed by atoms with Crippen LogP contribution in [-0.2, 0) is 0 Å². The molecular weight excluding hydrogens is 741 g/mol. The highest BCUT2D eigenvalue weighted by Crippen LogP contribution is 2.71. The minimum Gasteiger partial charge on any atom is -0.456 e. The van der Waals surface area contributed by atoms with Gasteiger partial charge in [-0.15, -0.1) is 0 Å². The van der Waals surface area contributed by atoms with E-state index in [0.717, 1.165) is 72.3 Å². The third-order valence-corrected chi connectivity index (χ3v) is 15.0. The first-order valence-corrected chi connectivity index (χ1v) is 22.4. The van der Waals surface area contributed by atoms with E-state index in [9.17, 15) is 0 Å². The average molecular weight is 779 g/mol. The van der Waals surface area contributed by atoms with Gasteiger partial charge in [0, 0.05) is 59.8 Å². The van der Waals surface area contributed by atoms with Crippen LogP contribution in [0.3, 0.4) is 0 Å². The molecule has 0 bridgehead atoms. The van der Waals surface area contributed by atoms with Gasteiger partial charge in [-0.3, -0.25) is 0 Å². The summed E-state index contributed by atoms with van der Waals surface area (Å²) in [6.07, 6.45) is 4.91. The molecule has 282 valence electrons. The molecule has 0 N–H and O–H groups in total. The van der Waals surface area contributed by atoms with Crippen molar-refractivity contribution in [3.05, 3.63) is 194 Å². The summed E-state index contributed by atoms with van der Waals surface area (Å²) in [5.74, 6) is 0. The molecule has 4 nitrogen and oxygen atoms in total. The molecule has 0 amide bonds. The lowest BCUT2D eigenvalue weighted by Gasteiger charge is -2.35. The number of benzene rings is 9. The maximum atomic E-state index is 6.46. The fourth-order valence-electron chi connectivity index (χ4n) is 9.43. The summed E-state index contributed by atoms with van der Waals surface area (Å²) in [7, 11) is -1.46. The van der Waals surface area contributed by atoms with Crippen LogP contribution >= 0.6 is 10.0 Å². The standard InChI is InChI=1S/C54H38N2O2S/c1-59(2)52-31-27-39(55(36-15-5-3-6-16-36)38-25-29-49-44(32-38)42-20-11-12-23-48(42)57-49)33-45(52)43-21-13-22-47(54(43)59)56(37-17-7-4-8-18-37)40-26-30-50-46(34-40)53-41-19-10-9-14-35(41)24-28-51(53)58-50/h3-34H,1-2H3. The van der Waals surface area contributed by atoms with Crippen molar-refractivity contribution >= 4 is 98.8 Å². The zero-order valence-corrected chi connectivity index (χ0v) is 33.4. The minimum absolute atomic E-state index is 0.889. The second-order valence-electron chi connectivity index (χ2n) is 15.7. The van der Waals surface area contributed by atoms with E-state index in [1.165, 1.54) is 37.4 Å². The second-order valence-corrected chi connectivity index (χ2v) is 19.2. The van der Waals surface area contributed by atoms with Gasteiger partial charge in [0.15, 0.2) is 0 Å². The highest BCUT2D eigenvalue weighted by molar-refractivity contribution is 8.33. The SMILES string of the molecule is CS1(C)c2ccc(N(c3ccccc3)c3ccc4oc5ccccc5c4c3)cc2-c2cccc(N(c3ccccc3)c3ccc4oc5ccc6ccccc6c5c4c3)c21. The fraction of sp³-hybridized carbons (Fsp3) is 0.0370. The molecule has 59 heavy (non-hydrogen) atoms. The number of fused-ring (bicyclic) bond motifs is 11. The van der Waals surface area contributed by atoms with Gasteiger partial charge in [0.05, 0.1) is 5.69 Å². The Labute approximate surface area is 343 Å². The first-order chi connectivity index (χ1) is 29.0. The molecule has 12 rings (SSSR count). The predicted molar refractivity (Wildman–Crippen MR) is 249 cm³/mol. The van der Waals surface area contributed by atoms with E-state index in [-0.39, 0.29) is 0 Å². The van der Waals surface area contributed by atoms with E-state index in [4.69, 9.17) is 8.83 Å². The fourth-order valence-corrected chi connectivity index (χ4v) is 12.2. The smallest absolute Gasteiger partial charge is 0.136 e. The summed E-state index contributed by atoms with van der Waals surface area (Å²) in [5.41, 5.74) is 12.8. The number of furan rings is 2. The van der Waals surface area contributed by atoms with Gasteiger partial charge in [-0.2, -0.15) is 10.0 Å². The largest absolute Gasteiger partial charge is 0.456 e. The molecule has 0 saturated carbocycles. The van der Waals surface area contributed by atoms with Gasteiger partial charge in [-0.25, -0.2) is 0 Å². The number of nitrogens with zero attached hydrogens (tertiary/aromatic N) is 2. The molecule has 9 aromatic carbocycles. The summed E-state index contributed by atoms with van der Waals surface area (Å²) in [6.45, 7) is 0. The Kier molecular flexibility index (Phi) is 7.41. The summed E-state index contributed by atoms with van der Waals surface area (Å²) in [6, 6.07) is 69.7. The van der Waals surface area contributed by atoms with E-state index in [1.807, 2.05) is 12.1 Å². The number of hydrogen-bond donors (Lipinski definition) is 0. The highest BCUT2D eigenvalue weighted by atomic mass is 32.3. The zero-order chi connectivity index (χ0) is 39.2. The maximum absolute atomic E-state index is 6.46. The monoisotopic (exact) mass is 778 g/mol. The lowest BCUT2D eigenvalue weighted by atomic mass is 10.0. The molecule has 11 aromatic rings. The van der Waals surface area contributed by atoms with E-state index in [0.29, 0.717) is 0 Å². The lowest BCUT2D eigenvalue weighted by molar-refractivity contribution is 0.668. The van der Waals surface area contributed by atoms with Crippen molar-refractivity contribution in [1.29, 1.82) is 0 Å². The molecule has 0 spiro atoms. The number of hydrogen-bond acceptors (Lipinski definition) is 4. The Bertz CT molecular complexity index is 3440. The van der Waals surface area contributed by atoms with E-state index < -0.39 is 10.0 Å². The van der Waals surface area contributed by atoms with E-state index in [2.05, 4.69) is 204 Å². The van der Waals surface area contributed by atoms with Crippen molar-refractivity contribution in [2.75, 3.05) is 22.3 Å². The molecule has 1 aliphatic rings. The molecular formula is C54H38N2O2S. The van der Waals surface area contributed by atoms with Gasteiger partial charge in [0.25, 0.3) is 0 Å². The molecule has 0 atom stereocenters. The first kappa shape index (κ1) is 33.9. The van der Waals surface area contributed by atoms with Crippen LogP contribution in [0.2, 0.25) is 0 Å². The van der Waals surface area contributed by atoms with E-state index >= 15 is 0 Å². The van der Waals surface area contributed by atoms with Crippen molar-refractivity contribution in [1.82, 2.24) is 0 Å². The molecule has 1 aliphatic heterocycles. The van der Waals surface area contributed by atoms with Crippen molar-refractivity contribution in [2.24, 2.45) is 0 Å². The zero-order valence-electron chi connectivity index (χ0n) is 32.6. The molecule has 0 radical (unpaired) electrons. The molecule has 2 aromatic heterocycles. The summed E-state index contributed by atoms with van der Waals surface area (Å²) in [4.78, 5) is 7.60. The summed E-state index contributed by atoms with van der Waals surface area (Å²) < 4.78 is 12.7. The van der Waals surface area contributed by atoms with Gasteiger partial charge < -0.3 is 18.6 Å². The first-order valence-electron chi connectivity index (χ1n) is 20.0. The van der Waals surface area contributed by atoms with Crippen molar-refractivity contribution in [3.8, 4) is 11.1 Å². The molecule has 0 saturated heterocycles. The lowest BCUT2D eigenvalue weighted by Crippen LogP contribution is -2.12. The third-order valence-electron chi connectivity index (χ3n) is 12.1. The topological polar surface area (TPSA) is 32.8 Å². The summed E-state index contributed by atoms with van der Waals surface area (Å²) in [5, 5.41) is 6.90. The van der Waals surface area contributed by atoms with Gasteiger partial charge in [-0.05, 0) is 131 Å². The van der Waals surface area contributed by atoms with Crippen molar-refractivity contribution in [3.63, 3.8) is 0 Å². The van der Waals surface area contributed by atoms with Crippen LogP contribution in [0, 0.1) is 0 Å². The van der Waals surface area contributed by atoms with Crippen molar-refractivity contribution < 1.29 is 8.83 Å². The molecule has 0 fully saturated rings. The molecule has 0 unspecified atom stereocenters. The Morgan fingerprint density at radius 3 is 1.75 bits per heavy atom. The van der Waals surface area contributed by atoms with Gasteiger partial charge in [0.2, 0.25) is 0 Å². The minimum atomic E-state index is -1.46. The highest BCUT2D eigenvalue weighted by Gasteiger charge is 2.36. The van der Waals surface area contributed by atoms with Crippen LogP contribution in [0.25, 0.3) is 65.8 Å². The normalized spacial score (nSPS) is 13.6. The maximum Gasteiger partial charge on any atom is 0.136 e. The van der Waals surface area contributed by atoms with Gasteiger partial charge in [0.1, 0.15) is 22.3 Å². The average Bonchev–Trinajstić information content (AvgIpc) is 3.92. The van der Waals surface area contributed by atoms with Gasteiger partial charge >= 0.3 is 0 Å². The molecule has 0 aliphatic carbocycles. The molecule has 3 heterocycles. The van der Waals surface area contributed by atoms with Crippen LogP contribution in [-0.4, -0.2) is 12.5 Å². The van der Waals surface area contributed by atoms with Crippen LogP contribution in [0.1, 0.15) is 0 Å². The Hall–Kier alpha value is -7.21. The van der Waals surface area contributed by atoms with E-state index in [1.54, 1.807) is 0 Å². The van der Waals surface area contributed by atoms with Crippen LogP contribution < -0.4 is 9.80 Å². The number of rotatable bonds is 6. The Morgan fingerprint density at radius 2 is 0.949 bits per heavy atom. The van der Waals surface area contributed by atoms with Crippen LogP contribution in [0.4, 0.5) is 34.1 Å². The summed E-state index contributed by atoms with van der Waals surface area (Å²) >= 11 is 0. The second kappa shape index (κ2) is 12.9. The van der Waals surface area contributed by atoms with Crippen LogP contribution in [0.5, 0.6) is 0 Å². The van der Waals surface area contributed by atoms with Gasteiger partial charge in [-0.1, -0.05) is 97.1 Å². The van der Waals surface area contributed by atoms with Crippen molar-refractivity contribution in [2.45, 2.75) is 9.79 Å². The molecule has 5 heteroatoms. The quantitative estimate of drug-likeness (QED) is 0.168. The number of para-hydroxylation sites is 3. The number of anilines is 6. The Morgan fingerprint density at radius 1 is 0.373 bits per heavy atom. The Balaban J connectivity index is 1.04. The third kappa shape index (κ3) is 5.18. The predicted octanol–water partition coefficient (Wildman–Crippen LogP) is 16.0. The van der Waals surface area contributed by atoms with Crippen LogP contribution in [0.15, 0.2) is 213 Å².